The maximum Gasteiger partial charge on any atom is 0.269 e. The number of nitrogens with one attached hydrogen (secondary N) is 2. The lowest BCUT2D eigenvalue weighted by Crippen LogP contribution is -2.33. The van der Waals surface area contributed by atoms with E-state index in [0.29, 0.717) is 16.9 Å². The first-order valence-corrected chi connectivity index (χ1v) is 6.66. The Morgan fingerprint density at radius 3 is 2.27 bits per heavy atom. The highest BCUT2D eigenvalue weighted by molar-refractivity contribution is 6.04. The molecule has 0 spiro atoms. The van der Waals surface area contributed by atoms with Gasteiger partial charge in [0.1, 0.15) is 5.75 Å². The summed E-state index contributed by atoms with van der Waals surface area (Å²) in [6.07, 6.45) is 2.74. The van der Waals surface area contributed by atoms with Gasteiger partial charge in [0.05, 0.1) is 7.11 Å². The third-order valence-electron chi connectivity index (χ3n) is 2.91. The molecule has 0 aliphatic heterocycles. The third kappa shape index (κ3) is 4.21. The summed E-state index contributed by atoms with van der Waals surface area (Å²) in [5.74, 6) is 0.226. The summed E-state index contributed by atoms with van der Waals surface area (Å²) in [6.45, 7) is 0. The van der Waals surface area contributed by atoms with Crippen molar-refractivity contribution in [3.63, 3.8) is 0 Å². The Morgan fingerprint density at radius 2 is 1.64 bits per heavy atom. The summed E-state index contributed by atoms with van der Waals surface area (Å²) in [5, 5.41) is 0. The number of allylic oxidation sites excluding steroid dienone is 1. The van der Waals surface area contributed by atoms with Crippen LogP contribution in [-0.2, 0) is 0 Å². The van der Waals surface area contributed by atoms with E-state index in [4.69, 9.17) is 4.74 Å². The van der Waals surface area contributed by atoms with Gasteiger partial charge in [0.2, 0.25) is 0 Å². The van der Waals surface area contributed by atoms with E-state index in [1.165, 1.54) is 12.3 Å². The summed E-state index contributed by atoms with van der Waals surface area (Å²) >= 11 is 0. The molecule has 0 aromatic heterocycles. The van der Waals surface area contributed by atoms with Crippen LogP contribution in [0, 0.1) is 0 Å². The zero-order valence-corrected chi connectivity index (χ0v) is 12.1. The highest BCUT2D eigenvalue weighted by Crippen LogP contribution is 2.10. The minimum Gasteiger partial charge on any atom is -0.497 e. The second-order valence-corrected chi connectivity index (χ2v) is 4.39. The van der Waals surface area contributed by atoms with Gasteiger partial charge >= 0.3 is 0 Å². The van der Waals surface area contributed by atoms with Crippen LogP contribution >= 0.6 is 0 Å². The van der Waals surface area contributed by atoms with E-state index in [0.717, 1.165) is 0 Å². The Labute approximate surface area is 128 Å². The number of rotatable bonds is 6. The highest BCUT2D eigenvalue weighted by Gasteiger charge is 2.04. The summed E-state index contributed by atoms with van der Waals surface area (Å²) in [4.78, 5) is 23.6. The third-order valence-corrected chi connectivity index (χ3v) is 2.91. The van der Waals surface area contributed by atoms with Gasteiger partial charge in [-0.3, -0.25) is 15.0 Å². The van der Waals surface area contributed by atoms with Crippen molar-refractivity contribution >= 4 is 11.7 Å². The van der Waals surface area contributed by atoms with Gasteiger partial charge in [0.15, 0.2) is 5.78 Å². The molecule has 1 amide bonds. The van der Waals surface area contributed by atoms with Gasteiger partial charge in [-0.25, -0.2) is 0 Å². The fraction of sp³-hybridized carbons (Fsp3) is 0.0588. The minimum absolute atomic E-state index is 0.146. The van der Waals surface area contributed by atoms with E-state index in [1.54, 1.807) is 55.6 Å². The van der Waals surface area contributed by atoms with E-state index in [-0.39, 0.29) is 11.7 Å². The van der Waals surface area contributed by atoms with E-state index >= 15 is 0 Å². The van der Waals surface area contributed by atoms with Crippen molar-refractivity contribution in [1.82, 2.24) is 10.9 Å². The van der Waals surface area contributed by atoms with Gasteiger partial charge in [-0.2, -0.15) is 0 Å². The number of hydrogen-bond donors (Lipinski definition) is 2. The first-order valence-electron chi connectivity index (χ1n) is 6.66. The number of ether oxygens (including phenoxy) is 1. The molecule has 0 aliphatic carbocycles. The van der Waals surface area contributed by atoms with Crippen molar-refractivity contribution in [1.29, 1.82) is 0 Å². The van der Waals surface area contributed by atoms with Crippen LogP contribution in [0.5, 0.6) is 5.75 Å². The number of amides is 1. The van der Waals surface area contributed by atoms with Crippen molar-refractivity contribution in [3.8, 4) is 5.75 Å². The van der Waals surface area contributed by atoms with Crippen LogP contribution in [0.2, 0.25) is 0 Å². The summed E-state index contributed by atoms with van der Waals surface area (Å²) < 4.78 is 5.02. The summed E-state index contributed by atoms with van der Waals surface area (Å²) in [7, 11) is 1.56. The Morgan fingerprint density at radius 1 is 0.955 bits per heavy atom. The second kappa shape index (κ2) is 7.64. The van der Waals surface area contributed by atoms with Crippen molar-refractivity contribution < 1.29 is 14.3 Å². The number of hydrogen-bond acceptors (Lipinski definition) is 4. The van der Waals surface area contributed by atoms with Crippen LogP contribution in [0.3, 0.4) is 0 Å². The molecule has 0 saturated carbocycles. The SMILES string of the molecule is COc1ccc(C(=O)NNC=CC(=O)c2ccccc2)cc1. The van der Waals surface area contributed by atoms with Gasteiger partial charge in [-0.1, -0.05) is 30.3 Å². The predicted molar refractivity (Wildman–Crippen MR) is 83.5 cm³/mol. The van der Waals surface area contributed by atoms with Gasteiger partial charge in [-0.15, -0.1) is 0 Å². The molecule has 0 bridgehead atoms. The van der Waals surface area contributed by atoms with Gasteiger partial charge < -0.3 is 10.2 Å². The van der Waals surface area contributed by atoms with Crippen LogP contribution in [0.4, 0.5) is 0 Å². The molecule has 2 rings (SSSR count). The normalized spacial score (nSPS) is 10.2. The molecule has 5 heteroatoms. The fourth-order valence-electron chi connectivity index (χ4n) is 1.74. The lowest BCUT2D eigenvalue weighted by Gasteiger charge is -2.05. The van der Waals surface area contributed by atoms with E-state index in [9.17, 15) is 9.59 Å². The molecule has 0 saturated heterocycles. The van der Waals surface area contributed by atoms with Crippen molar-refractivity contribution in [2.24, 2.45) is 0 Å². The number of methoxy groups -OCH3 is 1. The molecule has 0 radical (unpaired) electrons. The molecule has 2 aromatic carbocycles. The van der Waals surface area contributed by atoms with Crippen molar-refractivity contribution in [2.45, 2.75) is 0 Å². The Hall–Kier alpha value is -3.08. The standard InChI is InChI=1S/C17H16N2O3/c1-22-15-9-7-14(8-10-15)17(21)19-18-12-11-16(20)13-5-3-2-4-6-13/h2-12,18H,1H3,(H,19,21). The molecule has 2 aromatic rings. The fourth-order valence-corrected chi connectivity index (χ4v) is 1.74. The average molecular weight is 296 g/mol. The highest BCUT2D eigenvalue weighted by atomic mass is 16.5. The van der Waals surface area contributed by atoms with E-state index in [2.05, 4.69) is 10.9 Å². The van der Waals surface area contributed by atoms with Crippen LogP contribution in [0.15, 0.2) is 66.9 Å². The molecule has 0 atom stereocenters. The molecule has 2 N–H and O–H groups in total. The topological polar surface area (TPSA) is 67.4 Å². The lowest BCUT2D eigenvalue weighted by atomic mass is 10.1. The Bertz CT molecular complexity index is 664. The zero-order chi connectivity index (χ0) is 15.8. The monoisotopic (exact) mass is 296 g/mol. The quantitative estimate of drug-likeness (QED) is 0.488. The first kappa shape index (κ1) is 15.3. The number of carbonyl (C=O) groups is 2. The predicted octanol–water partition coefficient (Wildman–Crippen LogP) is 2.33. The smallest absolute Gasteiger partial charge is 0.269 e. The van der Waals surface area contributed by atoms with Crippen molar-refractivity contribution in [2.75, 3.05) is 7.11 Å². The lowest BCUT2D eigenvalue weighted by molar-refractivity contribution is 0.0939. The first-order chi connectivity index (χ1) is 10.7. The summed E-state index contributed by atoms with van der Waals surface area (Å²) in [6, 6.07) is 15.6. The second-order valence-electron chi connectivity index (χ2n) is 4.39. The van der Waals surface area contributed by atoms with E-state index in [1.807, 2.05) is 6.07 Å². The van der Waals surface area contributed by atoms with Crippen LogP contribution < -0.4 is 15.6 Å². The number of hydrazine groups is 1. The molecular weight excluding hydrogens is 280 g/mol. The maximum absolute atomic E-state index is 11.8. The largest absolute Gasteiger partial charge is 0.497 e. The van der Waals surface area contributed by atoms with Crippen molar-refractivity contribution in [3.05, 3.63) is 78.0 Å². The molecule has 5 nitrogen and oxygen atoms in total. The Balaban J connectivity index is 1.83. The molecular formula is C17H16N2O3. The molecule has 0 heterocycles. The minimum atomic E-state index is -0.306. The number of carbonyl (C=O) groups excluding carboxylic acids is 2. The van der Waals surface area contributed by atoms with Gasteiger partial charge in [-0.05, 0) is 24.3 Å². The van der Waals surface area contributed by atoms with Crippen LogP contribution in [0.1, 0.15) is 20.7 Å². The van der Waals surface area contributed by atoms with Crippen LogP contribution in [0.25, 0.3) is 0 Å². The molecule has 0 unspecified atom stereocenters. The van der Waals surface area contributed by atoms with Gasteiger partial charge in [0, 0.05) is 23.4 Å². The van der Waals surface area contributed by atoms with E-state index < -0.39 is 0 Å². The maximum atomic E-state index is 11.8. The summed E-state index contributed by atoms with van der Waals surface area (Å²) in [5.41, 5.74) is 6.12. The molecule has 112 valence electrons. The zero-order valence-electron chi connectivity index (χ0n) is 12.1. The number of ketones is 1. The molecule has 0 aliphatic rings. The molecule has 0 fully saturated rings. The van der Waals surface area contributed by atoms with Gasteiger partial charge in [0.25, 0.3) is 5.91 Å². The average Bonchev–Trinajstić information content (AvgIpc) is 2.59. The van der Waals surface area contributed by atoms with Crippen LogP contribution in [-0.4, -0.2) is 18.8 Å². The Kier molecular flexibility index (Phi) is 5.31. The molecule has 22 heavy (non-hydrogen) atoms. The number of benzene rings is 2.